The molecule has 0 amide bonds. The zero-order chi connectivity index (χ0) is 19.6. The van der Waals surface area contributed by atoms with E-state index in [1.807, 2.05) is 42.5 Å². The highest BCUT2D eigenvalue weighted by molar-refractivity contribution is 5.86. The standard InChI is InChI=1S/C21H18F3N3/c1-4-15-9-11-16(12-10-15)17-7-5-6-8-19(17)25-14(2)18-13-27(3)26-20(18)21(22,23)24/h4-13,25H,1-2H2,3H3. The van der Waals surface area contributed by atoms with Gasteiger partial charge in [-0.15, -0.1) is 0 Å². The Morgan fingerprint density at radius 2 is 1.78 bits per heavy atom. The summed E-state index contributed by atoms with van der Waals surface area (Å²) in [5.74, 6) is 0. The lowest BCUT2D eigenvalue weighted by molar-refractivity contribution is -0.141. The third-order valence-electron chi connectivity index (χ3n) is 4.09. The van der Waals surface area contributed by atoms with E-state index in [-0.39, 0.29) is 11.3 Å². The van der Waals surface area contributed by atoms with E-state index in [2.05, 4.69) is 23.6 Å². The van der Waals surface area contributed by atoms with Crippen molar-refractivity contribution in [2.24, 2.45) is 7.05 Å². The van der Waals surface area contributed by atoms with Crippen LogP contribution in [0.25, 0.3) is 22.9 Å². The van der Waals surface area contributed by atoms with Gasteiger partial charge < -0.3 is 5.32 Å². The lowest BCUT2D eigenvalue weighted by atomic mass is 10.0. The number of anilines is 1. The van der Waals surface area contributed by atoms with Crippen LogP contribution in [0.1, 0.15) is 16.8 Å². The van der Waals surface area contributed by atoms with Crippen LogP contribution in [0.2, 0.25) is 0 Å². The summed E-state index contributed by atoms with van der Waals surface area (Å²) in [5.41, 5.74) is 2.51. The van der Waals surface area contributed by atoms with E-state index >= 15 is 0 Å². The van der Waals surface area contributed by atoms with Gasteiger partial charge in [0.05, 0.1) is 0 Å². The highest BCUT2D eigenvalue weighted by Crippen LogP contribution is 2.35. The minimum atomic E-state index is -4.55. The molecule has 1 heterocycles. The topological polar surface area (TPSA) is 29.9 Å². The highest BCUT2D eigenvalue weighted by atomic mass is 19.4. The van der Waals surface area contributed by atoms with E-state index in [0.29, 0.717) is 5.69 Å². The van der Waals surface area contributed by atoms with Crippen LogP contribution < -0.4 is 5.32 Å². The van der Waals surface area contributed by atoms with Gasteiger partial charge in [-0.05, 0) is 17.2 Å². The molecule has 3 aromatic rings. The fourth-order valence-electron chi connectivity index (χ4n) is 2.79. The molecule has 0 saturated carbocycles. The first-order valence-corrected chi connectivity index (χ1v) is 8.18. The van der Waals surface area contributed by atoms with Gasteiger partial charge >= 0.3 is 6.18 Å². The van der Waals surface area contributed by atoms with Crippen molar-refractivity contribution < 1.29 is 13.2 Å². The number of nitrogens with zero attached hydrogens (tertiary/aromatic N) is 2. The Morgan fingerprint density at radius 1 is 1.11 bits per heavy atom. The van der Waals surface area contributed by atoms with Crippen molar-refractivity contribution in [3.05, 3.63) is 84.7 Å². The molecule has 0 bridgehead atoms. The molecule has 0 aliphatic heterocycles. The molecule has 0 unspecified atom stereocenters. The molecule has 0 aliphatic rings. The molecule has 0 saturated heterocycles. The lowest BCUT2D eigenvalue weighted by Gasteiger charge is -2.15. The molecule has 138 valence electrons. The number of benzene rings is 2. The van der Waals surface area contributed by atoms with Crippen LogP contribution in [-0.4, -0.2) is 9.78 Å². The normalized spacial score (nSPS) is 11.3. The number of rotatable bonds is 5. The number of nitrogens with one attached hydrogen (secondary N) is 1. The Labute approximate surface area is 155 Å². The number of hydrogen-bond donors (Lipinski definition) is 1. The average Bonchev–Trinajstić information content (AvgIpc) is 3.05. The second kappa shape index (κ2) is 7.15. The first-order valence-electron chi connectivity index (χ1n) is 8.18. The van der Waals surface area contributed by atoms with Crippen LogP contribution in [-0.2, 0) is 13.2 Å². The van der Waals surface area contributed by atoms with Crippen LogP contribution in [0.5, 0.6) is 0 Å². The Bertz CT molecular complexity index is 983. The number of aryl methyl sites for hydroxylation is 1. The zero-order valence-corrected chi connectivity index (χ0v) is 14.7. The molecule has 0 radical (unpaired) electrons. The summed E-state index contributed by atoms with van der Waals surface area (Å²) in [6, 6.07) is 15.1. The lowest BCUT2D eigenvalue weighted by Crippen LogP contribution is -2.11. The molecular formula is C21H18F3N3. The molecule has 27 heavy (non-hydrogen) atoms. The predicted molar refractivity (Wildman–Crippen MR) is 103 cm³/mol. The first kappa shape index (κ1) is 18.5. The second-order valence-corrected chi connectivity index (χ2v) is 6.04. The molecule has 0 fully saturated rings. The van der Waals surface area contributed by atoms with E-state index in [4.69, 9.17) is 0 Å². The quantitative estimate of drug-likeness (QED) is 0.613. The minimum absolute atomic E-state index is 0.0817. The van der Waals surface area contributed by atoms with Crippen molar-refractivity contribution in [2.45, 2.75) is 6.18 Å². The molecule has 6 heteroatoms. The number of para-hydroxylation sites is 1. The molecule has 3 nitrogen and oxygen atoms in total. The van der Waals surface area contributed by atoms with Crippen LogP contribution >= 0.6 is 0 Å². The zero-order valence-electron chi connectivity index (χ0n) is 14.7. The van der Waals surface area contributed by atoms with Gasteiger partial charge in [0.15, 0.2) is 5.69 Å². The molecule has 0 atom stereocenters. The largest absolute Gasteiger partial charge is 0.435 e. The first-order chi connectivity index (χ1) is 12.8. The minimum Gasteiger partial charge on any atom is -0.355 e. The van der Waals surface area contributed by atoms with E-state index in [9.17, 15) is 13.2 Å². The Morgan fingerprint density at radius 3 is 2.41 bits per heavy atom. The number of aromatic nitrogens is 2. The summed E-state index contributed by atoms with van der Waals surface area (Å²) in [6.07, 6.45) is -1.50. The van der Waals surface area contributed by atoms with E-state index in [0.717, 1.165) is 21.4 Å². The van der Waals surface area contributed by atoms with Gasteiger partial charge in [-0.3, -0.25) is 4.68 Å². The summed E-state index contributed by atoms with van der Waals surface area (Å²) in [5, 5.41) is 6.54. The summed E-state index contributed by atoms with van der Waals surface area (Å²) in [7, 11) is 1.45. The maximum Gasteiger partial charge on any atom is 0.435 e. The molecule has 1 aromatic heterocycles. The van der Waals surface area contributed by atoms with Gasteiger partial charge in [0.2, 0.25) is 0 Å². The van der Waals surface area contributed by atoms with Crippen LogP contribution in [0.4, 0.5) is 18.9 Å². The van der Waals surface area contributed by atoms with Crippen LogP contribution in [0.15, 0.2) is 67.9 Å². The molecule has 0 spiro atoms. The fourth-order valence-corrected chi connectivity index (χ4v) is 2.79. The van der Waals surface area contributed by atoms with Crippen molar-refractivity contribution in [1.82, 2.24) is 9.78 Å². The monoisotopic (exact) mass is 369 g/mol. The van der Waals surface area contributed by atoms with Gasteiger partial charge in [0, 0.05) is 35.8 Å². The van der Waals surface area contributed by atoms with Crippen LogP contribution in [0, 0.1) is 0 Å². The average molecular weight is 369 g/mol. The third-order valence-corrected chi connectivity index (χ3v) is 4.09. The van der Waals surface area contributed by atoms with Crippen molar-refractivity contribution in [3.63, 3.8) is 0 Å². The van der Waals surface area contributed by atoms with Gasteiger partial charge in [0.25, 0.3) is 0 Å². The van der Waals surface area contributed by atoms with Gasteiger partial charge in [-0.2, -0.15) is 18.3 Å². The van der Waals surface area contributed by atoms with E-state index in [1.165, 1.54) is 13.2 Å². The van der Waals surface area contributed by atoms with Gasteiger partial charge in [0.1, 0.15) is 0 Å². The predicted octanol–water partition coefficient (Wildman–Crippen LogP) is 5.83. The smallest absolute Gasteiger partial charge is 0.355 e. The number of hydrogen-bond acceptors (Lipinski definition) is 2. The van der Waals surface area contributed by atoms with Gasteiger partial charge in [-0.1, -0.05) is 61.7 Å². The summed E-state index contributed by atoms with van der Waals surface area (Å²) in [4.78, 5) is 0. The SMILES string of the molecule is C=Cc1ccc(-c2ccccc2NC(=C)c2cn(C)nc2C(F)(F)F)cc1. The maximum atomic E-state index is 13.2. The molecule has 1 N–H and O–H groups in total. The van der Waals surface area contributed by atoms with Gasteiger partial charge in [-0.25, -0.2) is 0 Å². The fraction of sp³-hybridized carbons (Fsp3) is 0.0952. The number of halogens is 3. The van der Waals surface area contributed by atoms with Crippen molar-refractivity contribution in [3.8, 4) is 11.1 Å². The maximum absolute atomic E-state index is 13.2. The Hall–Kier alpha value is -3.28. The van der Waals surface area contributed by atoms with Crippen molar-refractivity contribution in [2.75, 3.05) is 5.32 Å². The summed E-state index contributed by atoms with van der Waals surface area (Å²) in [6.45, 7) is 7.52. The highest BCUT2D eigenvalue weighted by Gasteiger charge is 2.37. The molecule has 2 aromatic carbocycles. The van der Waals surface area contributed by atoms with E-state index < -0.39 is 11.9 Å². The molecule has 0 aliphatic carbocycles. The Kier molecular flexibility index (Phi) is 4.90. The summed E-state index contributed by atoms with van der Waals surface area (Å²) < 4.78 is 40.8. The molecule has 3 rings (SSSR count). The van der Waals surface area contributed by atoms with Crippen molar-refractivity contribution >= 4 is 17.5 Å². The Balaban J connectivity index is 1.95. The van der Waals surface area contributed by atoms with Crippen molar-refractivity contribution in [1.29, 1.82) is 0 Å². The van der Waals surface area contributed by atoms with E-state index in [1.54, 1.807) is 12.1 Å². The number of alkyl halides is 3. The molecular weight excluding hydrogens is 351 g/mol. The second-order valence-electron chi connectivity index (χ2n) is 6.04. The van der Waals surface area contributed by atoms with Crippen LogP contribution in [0.3, 0.4) is 0 Å². The summed E-state index contributed by atoms with van der Waals surface area (Å²) >= 11 is 0. The third kappa shape index (κ3) is 3.95.